The fourth-order valence-electron chi connectivity index (χ4n) is 0.982. The van der Waals surface area contributed by atoms with E-state index in [0.717, 1.165) is 18.5 Å². The Hall–Kier alpha value is -0.960. The van der Waals surface area contributed by atoms with Crippen LogP contribution in [0.4, 0.5) is 0 Å². The molecule has 0 aliphatic rings. The number of nitrogens with two attached hydrogens (primary N) is 1. The van der Waals surface area contributed by atoms with E-state index >= 15 is 0 Å². The average Bonchev–Trinajstić information content (AvgIpc) is 2.65. The van der Waals surface area contributed by atoms with E-state index < -0.39 is 0 Å². The van der Waals surface area contributed by atoms with Crippen molar-refractivity contribution in [3.63, 3.8) is 0 Å². The number of hydrogen-bond donors (Lipinski definition) is 2. The molecule has 0 fully saturated rings. The van der Waals surface area contributed by atoms with Crippen molar-refractivity contribution in [3.05, 3.63) is 11.1 Å². The molecule has 0 saturated carbocycles. The summed E-state index contributed by atoms with van der Waals surface area (Å²) < 4.78 is 3.78. The Kier molecular flexibility index (Phi) is 4.40. The Balaban J connectivity index is 2.47. The number of nitrogens with zero attached hydrogens (tertiary/aromatic N) is 2. The smallest absolute Gasteiger partial charge is 0.0938 e. The molecule has 70 valence electrons. The van der Waals surface area contributed by atoms with E-state index in [1.165, 1.54) is 11.5 Å². The summed E-state index contributed by atoms with van der Waals surface area (Å²) >= 11 is 1.33. The summed E-state index contributed by atoms with van der Waals surface area (Å²) in [6.45, 7) is 1.83. The molecule has 3 N–H and O–H groups in total. The van der Waals surface area contributed by atoms with Crippen molar-refractivity contribution in [1.29, 1.82) is 0 Å². The molecule has 0 aliphatic carbocycles. The van der Waals surface area contributed by atoms with Gasteiger partial charge in [-0.05, 0) is 24.9 Å². The van der Waals surface area contributed by atoms with E-state index in [2.05, 4.69) is 26.9 Å². The highest BCUT2D eigenvalue weighted by Crippen LogP contribution is 2.15. The third-order valence-corrected chi connectivity index (χ3v) is 2.19. The van der Waals surface area contributed by atoms with Crippen LogP contribution in [0.1, 0.15) is 31.5 Å². The third-order valence-electron chi connectivity index (χ3n) is 1.67. The largest absolute Gasteiger partial charge is 0.271 e. The van der Waals surface area contributed by atoms with Gasteiger partial charge in [0.1, 0.15) is 0 Å². The van der Waals surface area contributed by atoms with Crippen LogP contribution in [0.15, 0.2) is 5.38 Å². The Morgan fingerprint density at radius 3 is 3.15 bits per heavy atom. The first-order valence-corrected chi connectivity index (χ1v) is 4.84. The molecule has 0 amide bonds. The topological polar surface area (TPSA) is 63.8 Å². The van der Waals surface area contributed by atoms with Gasteiger partial charge in [0, 0.05) is 11.8 Å². The average molecular weight is 196 g/mol. The van der Waals surface area contributed by atoms with Crippen LogP contribution in [0.2, 0.25) is 0 Å². The van der Waals surface area contributed by atoms with E-state index in [1.807, 2.05) is 12.3 Å². The highest BCUT2D eigenvalue weighted by molar-refractivity contribution is 7.03. The van der Waals surface area contributed by atoms with Crippen LogP contribution < -0.4 is 11.3 Å². The van der Waals surface area contributed by atoms with Gasteiger partial charge in [-0.25, -0.2) is 0 Å². The van der Waals surface area contributed by atoms with Gasteiger partial charge in [-0.1, -0.05) is 4.49 Å². The molecule has 0 radical (unpaired) electrons. The fourth-order valence-corrected chi connectivity index (χ4v) is 1.49. The van der Waals surface area contributed by atoms with Gasteiger partial charge < -0.3 is 0 Å². The van der Waals surface area contributed by atoms with Gasteiger partial charge in [-0.3, -0.25) is 11.3 Å². The molecule has 0 spiro atoms. The number of hydrogen-bond acceptors (Lipinski definition) is 5. The monoisotopic (exact) mass is 196 g/mol. The zero-order valence-corrected chi connectivity index (χ0v) is 8.27. The summed E-state index contributed by atoms with van der Waals surface area (Å²) in [4.78, 5) is 0. The lowest BCUT2D eigenvalue weighted by Gasteiger charge is -2.09. The lowest BCUT2D eigenvalue weighted by Crippen LogP contribution is -2.28. The minimum atomic E-state index is 0.0691. The standard InChI is InChI=1S/C8H12N4S/c1-2-3-4-5-7(10-9)8-6-13-12-11-8/h6-7,10H,4-5,9H2,1H3. The van der Waals surface area contributed by atoms with Crippen molar-refractivity contribution < 1.29 is 0 Å². The summed E-state index contributed by atoms with van der Waals surface area (Å²) in [7, 11) is 0. The Morgan fingerprint density at radius 1 is 1.77 bits per heavy atom. The number of nitrogens with one attached hydrogen (secondary N) is 1. The predicted octanol–water partition coefficient (Wildman–Crippen LogP) is 0.846. The SMILES string of the molecule is CC#CCCC(NN)c1csnn1. The second-order valence-electron chi connectivity index (χ2n) is 2.51. The second kappa shape index (κ2) is 5.65. The Morgan fingerprint density at radius 2 is 2.62 bits per heavy atom. The van der Waals surface area contributed by atoms with Gasteiger partial charge in [0.25, 0.3) is 0 Å². The zero-order valence-electron chi connectivity index (χ0n) is 7.45. The molecular weight excluding hydrogens is 184 g/mol. The molecule has 0 bridgehead atoms. The van der Waals surface area contributed by atoms with Crippen molar-refractivity contribution in [2.24, 2.45) is 5.84 Å². The number of aromatic nitrogens is 2. The molecule has 1 rings (SSSR count). The van der Waals surface area contributed by atoms with Crippen molar-refractivity contribution in [1.82, 2.24) is 15.0 Å². The Bertz CT molecular complexity index is 285. The minimum absolute atomic E-state index is 0.0691. The molecule has 0 aliphatic heterocycles. The van der Waals surface area contributed by atoms with E-state index in [0.29, 0.717) is 0 Å². The van der Waals surface area contributed by atoms with E-state index in [9.17, 15) is 0 Å². The van der Waals surface area contributed by atoms with Crippen molar-refractivity contribution in [3.8, 4) is 11.8 Å². The highest BCUT2D eigenvalue weighted by Gasteiger charge is 2.10. The van der Waals surface area contributed by atoms with E-state index in [4.69, 9.17) is 5.84 Å². The summed E-state index contributed by atoms with van der Waals surface area (Å²) in [6.07, 6.45) is 1.69. The molecule has 1 unspecified atom stereocenters. The van der Waals surface area contributed by atoms with Crippen LogP contribution in [0.5, 0.6) is 0 Å². The van der Waals surface area contributed by atoms with E-state index in [1.54, 1.807) is 0 Å². The van der Waals surface area contributed by atoms with Crippen LogP contribution >= 0.6 is 11.5 Å². The zero-order chi connectivity index (χ0) is 9.52. The summed E-state index contributed by atoms with van der Waals surface area (Å²) in [5.74, 6) is 11.2. The molecule has 4 nitrogen and oxygen atoms in total. The third kappa shape index (κ3) is 3.11. The molecule has 0 saturated heterocycles. The van der Waals surface area contributed by atoms with Crippen LogP contribution in [0, 0.1) is 11.8 Å². The van der Waals surface area contributed by atoms with Gasteiger partial charge in [-0.15, -0.1) is 16.9 Å². The highest BCUT2D eigenvalue weighted by atomic mass is 32.1. The Labute approximate surface area is 81.7 Å². The van der Waals surface area contributed by atoms with Crippen LogP contribution in [-0.2, 0) is 0 Å². The van der Waals surface area contributed by atoms with Crippen LogP contribution in [0.25, 0.3) is 0 Å². The predicted molar refractivity (Wildman–Crippen MR) is 52.7 cm³/mol. The normalized spacial score (nSPS) is 11.8. The fraction of sp³-hybridized carbons (Fsp3) is 0.500. The molecule has 1 aromatic rings. The first kappa shape index (κ1) is 10.1. The second-order valence-corrected chi connectivity index (χ2v) is 3.12. The summed E-state index contributed by atoms with van der Waals surface area (Å²) in [6, 6.07) is 0.0691. The quantitative estimate of drug-likeness (QED) is 0.425. The molecule has 1 heterocycles. The first-order chi connectivity index (χ1) is 6.38. The van der Waals surface area contributed by atoms with Crippen LogP contribution in [-0.4, -0.2) is 9.59 Å². The van der Waals surface area contributed by atoms with Gasteiger partial charge in [-0.2, -0.15) is 0 Å². The maximum absolute atomic E-state index is 5.38. The molecule has 5 heteroatoms. The molecule has 0 aromatic carbocycles. The molecular formula is C8H12N4S. The lowest BCUT2D eigenvalue weighted by molar-refractivity contribution is 0.510. The molecule has 13 heavy (non-hydrogen) atoms. The first-order valence-electron chi connectivity index (χ1n) is 4.01. The van der Waals surface area contributed by atoms with Crippen molar-refractivity contribution in [2.75, 3.05) is 0 Å². The minimum Gasteiger partial charge on any atom is -0.271 e. The number of hydrazine groups is 1. The summed E-state index contributed by atoms with van der Waals surface area (Å²) in [5, 5.41) is 5.84. The van der Waals surface area contributed by atoms with Gasteiger partial charge in [0.15, 0.2) is 0 Å². The lowest BCUT2D eigenvalue weighted by atomic mass is 10.1. The van der Waals surface area contributed by atoms with E-state index in [-0.39, 0.29) is 6.04 Å². The summed E-state index contributed by atoms with van der Waals surface area (Å²) in [5.41, 5.74) is 3.59. The van der Waals surface area contributed by atoms with Crippen molar-refractivity contribution >= 4 is 11.5 Å². The van der Waals surface area contributed by atoms with Gasteiger partial charge >= 0.3 is 0 Å². The molecule has 1 aromatic heterocycles. The van der Waals surface area contributed by atoms with Gasteiger partial charge in [0.05, 0.1) is 11.7 Å². The van der Waals surface area contributed by atoms with Crippen LogP contribution in [0.3, 0.4) is 0 Å². The molecule has 1 atom stereocenters. The van der Waals surface area contributed by atoms with Gasteiger partial charge in [0.2, 0.25) is 0 Å². The van der Waals surface area contributed by atoms with Crippen molar-refractivity contribution in [2.45, 2.75) is 25.8 Å². The maximum atomic E-state index is 5.38. The maximum Gasteiger partial charge on any atom is 0.0938 e. The number of rotatable bonds is 4.